The van der Waals surface area contributed by atoms with Crippen LogP contribution in [0.3, 0.4) is 0 Å². The van der Waals surface area contributed by atoms with Crippen molar-refractivity contribution in [3.63, 3.8) is 0 Å². The van der Waals surface area contributed by atoms with Crippen molar-refractivity contribution < 1.29 is 0 Å². The quantitative estimate of drug-likeness (QED) is 0.268. The van der Waals surface area contributed by atoms with Crippen LogP contribution in [0.2, 0.25) is 0 Å². The summed E-state index contributed by atoms with van der Waals surface area (Å²) >= 11 is 0. The number of hydrogen-bond donors (Lipinski definition) is 4. The minimum absolute atomic E-state index is 0.545. The van der Waals surface area contributed by atoms with Crippen molar-refractivity contribution in [2.45, 2.75) is 5.79 Å². The van der Waals surface area contributed by atoms with Gasteiger partial charge in [-0.1, -0.05) is 0 Å². The number of hydrogen-bond acceptors (Lipinski definition) is 8. The van der Waals surface area contributed by atoms with Crippen molar-refractivity contribution in [2.75, 3.05) is 19.6 Å². The molecule has 1 aliphatic rings. The topological polar surface area (TPSA) is 132 Å². The first kappa shape index (κ1) is 11.9. The normalized spacial score (nSPS) is 20.2. The van der Waals surface area contributed by atoms with Crippen molar-refractivity contribution >= 4 is 0 Å². The predicted molar refractivity (Wildman–Crippen MR) is 54.7 cm³/mol. The Morgan fingerprint density at radius 1 is 1.13 bits per heavy atom. The van der Waals surface area contributed by atoms with Gasteiger partial charge in [0.15, 0.2) is 0 Å². The van der Waals surface area contributed by atoms with Crippen LogP contribution < -0.4 is 22.6 Å². The highest BCUT2D eigenvalue weighted by Crippen LogP contribution is 1.96. The summed E-state index contributed by atoms with van der Waals surface area (Å²) in [6.07, 6.45) is 4.31. The van der Waals surface area contributed by atoms with Gasteiger partial charge in [-0.3, -0.25) is 17.3 Å². The third-order valence-corrected chi connectivity index (χ3v) is 1.87. The Morgan fingerprint density at radius 3 is 1.93 bits per heavy atom. The summed E-state index contributed by atoms with van der Waals surface area (Å²) in [6.45, 7) is 2.10. The number of piperazine rings is 1. The summed E-state index contributed by atoms with van der Waals surface area (Å²) in [7, 11) is 0. The highest BCUT2D eigenvalue weighted by molar-refractivity contribution is 4.81. The lowest BCUT2D eigenvalue weighted by Crippen LogP contribution is -2.74. The molecule has 1 saturated heterocycles. The number of hydrazine groups is 1. The molecular formula is C7H16N8. The molecule has 1 aromatic heterocycles. The van der Waals surface area contributed by atoms with Crippen LogP contribution in [0, 0.1) is 0 Å². The number of nitrogens with zero attached hydrogens (tertiary/aromatic N) is 4. The molecule has 0 spiro atoms. The molecule has 1 fully saturated rings. The Bertz CT molecular complexity index is 236. The first-order valence-corrected chi connectivity index (χ1v) is 4.49. The molecule has 8 heteroatoms. The summed E-state index contributed by atoms with van der Waals surface area (Å²) in [5.41, 5.74) is 11.1. The van der Waals surface area contributed by atoms with Gasteiger partial charge < -0.3 is 5.32 Å². The fourth-order valence-corrected chi connectivity index (χ4v) is 1.00. The van der Waals surface area contributed by atoms with Crippen molar-refractivity contribution in [1.29, 1.82) is 0 Å². The Morgan fingerprint density at radius 2 is 1.67 bits per heavy atom. The second kappa shape index (κ2) is 5.63. The molecule has 1 aromatic rings. The Balaban J connectivity index is 0.000000162. The third kappa shape index (κ3) is 4.23. The molecule has 0 bridgehead atoms. The van der Waals surface area contributed by atoms with Gasteiger partial charge in [-0.15, -0.1) is 0 Å². The SMILES string of the molecule is NN1CCNCC1(N)N.c1ncncn1. The maximum Gasteiger partial charge on any atom is 0.146 e. The van der Waals surface area contributed by atoms with Gasteiger partial charge in [0.1, 0.15) is 24.8 Å². The fourth-order valence-electron chi connectivity index (χ4n) is 1.00. The summed E-state index contributed by atoms with van der Waals surface area (Å²) in [5.74, 6) is 4.59. The monoisotopic (exact) mass is 212 g/mol. The molecule has 0 amide bonds. The summed E-state index contributed by atoms with van der Waals surface area (Å²) < 4.78 is 0. The highest BCUT2D eigenvalue weighted by Gasteiger charge is 2.27. The number of aromatic nitrogens is 3. The van der Waals surface area contributed by atoms with Crippen LogP contribution in [0.1, 0.15) is 0 Å². The van der Waals surface area contributed by atoms with Gasteiger partial charge in [0.2, 0.25) is 0 Å². The zero-order chi connectivity index (χ0) is 11.1. The second-order valence-electron chi connectivity index (χ2n) is 3.16. The molecule has 15 heavy (non-hydrogen) atoms. The molecule has 2 heterocycles. The standard InChI is InChI=1S/C4H13N5.C3H3N3/c5-4(6)3-8-1-2-9(4)7;1-4-2-6-3-5-1/h8H,1-3,5-7H2;1-3H. The maximum atomic E-state index is 5.54. The van der Waals surface area contributed by atoms with Gasteiger partial charge in [0, 0.05) is 19.6 Å². The minimum Gasteiger partial charge on any atom is -0.311 e. The van der Waals surface area contributed by atoms with Crippen LogP contribution >= 0.6 is 0 Å². The summed E-state index contributed by atoms with van der Waals surface area (Å²) in [4.78, 5) is 10.7. The molecule has 7 N–H and O–H groups in total. The molecule has 0 saturated carbocycles. The van der Waals surface area contributed by atoms with E-state index in [9.17, 15) is 0 Å². The summed E-state index contributed by atoms with van der Waals surface area (Å²) in [6, 6.07) is 0. The van der Waals surface area contributed by atoms with Gasteiger partial charge in [-0.05, 0) is 0 Å². The number of nitrogens with two attached hydrogens (primary N) is 3. The molecular weight excluding hydrogens is 196 g/mol. The molecule has 0 atom stereocenters. The van der Waals surface area contributed by atoms with E-state index < -0.39 is 5.79 Å². The smallest absolute Gasteiger partial charge is 0.146 e. The average molecular weight is 212 g/mol. The molecule has 8 nitrogen and oxygen atoms in total. The van der Waals surface area contributed by atoms with E-state index in [2.05, 4.69) is 20.3 Å². The van der Waals surface area contributed by atoms with Gasteiger partial charge in [0.25, 0.3) is 0 Å². The number of rotatable bonds is 0. The zero-order valence-electron chi connectivity index (χ0n) is 8.37. The minimum atomic E-state index is -0.863. The first-order valence-electron chi connectivity index (χ1n) is 4.49. The fraction of sp³-hybridized carbons (Fsp3) is 0.571. The van der Waals surface area contributed by atoms with Crippen LogP contribution in [-0.2, 0) is 0 Å². The van der Waals surface area contributed by atoms with Crippen LogP contribution in [0.4, 0.5) is 0 Å². The van der Waals surface area contributed by atoms with E-state index in [-0.39, 0.29) is 0 Å². The predicted octanol–water partition coefficient (Wildman–Crippen LogP) is -2.79. The number of nitrogens with one attached hydrogen (secondary N) is 1. The molecule has 0 aliphatic carbocycles. The largest absolute Gasteiger partial charge is 0.311 e. The lowest BCUT2D eigenvalue weighted by molar-refractivity contribution is 0.0702. The van der Waals surface area contributed by atoms with Gasteiger partial charge in [-0.2, -0.15) is 0 Å². The Hall–Kier alpha value is -1.19. The lowest BCUT2D eigenvalue weighted by atomic mass is 10.3. The van der Waals surface area contributed by atoms with Crippen LogP contribution in [0.15, 0.2) is 19.0 Å². The van der Waals surface area contributed by atoms with Crippen molar-refractivity contribution in [1.82, 2.24) is 25.3 Å². The van der Waals surface area contributed by atoms with Gasteiger partial charge in [-0.25, -0.2) is 20.0 Å². The Labute approximate surface area is 87.8 Å². The van der Waals surface area contributed by atoms with Crippen molar-refractivity contribution in [2.24, 2.45) is 17.3 Å². The van der Waals surface area contributed by atoms with Crippen LogP contribution in [0.5, 0.6) is 0 Å². The molecule has 0 radical (unpaired) electrons. The van der Waals surface area contributed by atoms with Crippen LogP contribution in [0.25, 0.3) is 0 Å². The van der Waals surface area contributed by atoms with Crippen molar-refractivity contribution in [3.05, 3.63) is 19.0 Å². The van der Waals surface area contributed by atoms with E-state index in [0.717, 1.165) is 6.54 Å². The van der Waals surface area contributed by atoms with E-state index in [1.807, 2.05) is 0 Å². The van der Waals surface area contributed by atoms with Gasteiger partial charge >= 0.3 is 0 Å². The van der Waals surface area contributed by atoms with Gasteiger partial charge in [0.05, 0.1) is 0 Å². The van der Waals surface area contributed by atoms with Crippen LogP contribution in [-0.4, -0.2) is 45.4 Å². The van der Waals surface area contributed by atoms with E-state index in [1.165, 1.54) is 24.0 Å². The Kier molecular flexibility index (Phi) is 4.46. The maximum absolute atomic E-state index is 5.54. The van der Waals surface area contributed by atoms with E-state index in [4.69, 9.17) is 17.3 Å². The zero-order valence-corrected chi connectivity index (χ0v) is 8.37. The molecule has 0 aromatic carbocycles. The lowest BCUT2D eigenvalue weighted by Gasteiger charge is -2.38. The molecule has 2 rings (SSSR count). The summed E-state index contributed by atoms with van der Waals surface area (Å²) in [5, 5.41) is 4.48. The van der Waals surface area contributed by atoms with E-state index >= 15 is 0 Å². The van der Waals surface area contributed by atoms with E-state index in [1.54, 1.807) is 0 Å². The van der Waals surface area contributed by atoms with E-state index in [0.29, 0.717) is 13.1 Å². The van der Waals surface area contributed by atoms with Crippen molar-refractivity contribution in [3.8, 4) is 0 Å². The molecule has 0 unspecified atom stereocenters. The highest BCUT2D eigenvalue weighted by atomic mass is 15.5. The molecule has 84 valence electrons. The molecule has 1 aliphatic heterocycles. The third-order valence-electron chi connectivity index (χ3n) is 1.87. The first-order chi connectivity index (χ1) is 7.13. The second-order valence-corrected chi connectivity index (χ2v) is 3.16. The average Bonchev–Trinajstić information content (AvgIpc) is 2.26.